The Morgan fingerprint density at radius 1 is 1.24 bits per heavy atom. The molecule has 0 aromatic heterocycles. The monoisotopic (exact) mass is 296 g/mol. The minimum Gasteiger partial charge on any atom is -0.411 e. The van der Waals surface area contributed by atoms with E-state index >= 15 is 0 Å². The molecule has 1 aliphatic heterocycles. The number of anilines is 2. The molecule has 0 fully saturated rings. The lowest BCUT2D eigenvalue weighted by Gasteiger charge is -2.32. The molecule has 0 saturated carbocycles. The van der Waals surface area contributed by atoms with Crippen LogP contribution in [0.1, 0.15) is 12.5 Å². The summed E-state index contributed by atoms with van der Waals surface area (Å²) in [5.74, 6) is 0. The van der Waals surface area contributed by atoms with E-state index in [4.69, 9.17) is 5.21 Å². The number of hydrogen-bond donors (Lipinski definition) is 1. The Bertz CT molecular complexity index is 724. The first-order chi connectivity index (χ1) is 10.2. The lowest BCUT2D eigenvalue weighted by atomic mass is 10.1. The fraction of sp³-hybridized carbons (Fsp3) is 0.118. The summed E-state index contributed by atoms with van der Waals surface area (Å²) in [7, 11) is 0. The lowest BCUT2D eigenvalue weighted by Crippen LogP contribution is -2.20. The van der Waals surface area contributed by atoms with Crippen LogP contribution in [0.2, 0.25) is 0 Å². The molecule has 0 atom stereocenters. The molecule has 0 radical (unpaired) electrons. The second kappa shape index (κ2) is 5.66. The molecule has 0 unspecified atom stereocenters. The van der Waals surface area contributed by atoms with Gasteiger partial charge in [0.2, 0.25) is 0 Å². The number of oxime groups is 1. The molecule has 1 N–H and O–H groups in total. The first-order valence-electron chi connectivity index (χ1n) is 6.73. The smallest absolute Gasteiger partial charge is 0.0837 e. The van der Waals surface area contributed by atoms with E-state index in [9.17, 15) is 0 Å². The van der Waals surface area contributed by atoms with Crippen LogP contribution in [-0.2, 0) is 0 Å². The number of benzene rings is 2. The van der Waals surface area contributed by atoms with Crippen LogP contribution >= 0.6 is 11.8 Å². The van der Waals surface area contributed by atoms with Gasteiger partial charge < -0.3 is 10.1 Å². The van der Waals surface area contributed by atoms with E-state index in [-0.39, 0.29) is 0 Å². The highest BCUT2D eigenvalue weighted by molar-refractivity contribution is 7.99. The third kappa shape index (κ3) is 2.43. The van der Waals surface area contributed by atoms with Crippen LogP contribution in [-0.4, -0.2) is 17.5 Å². The zero-order valence-electron chi connectivity index (χ0n) is 11.8. The third-order valence-corrected chi connectivity index (χ3v) is 4.62. The fourth-order valence-corrected chi connectivity index (χ4v) is 3.58. The van der Waals surface area contributed by atoms with Gasteiger partial charge >= 0.3 is 0 Å². The van der Waals surface area contributed by atoms with Gasteiger partial charge in [-0.15, -0.1) is 6.58 Å². The largest absolute Gasteiger partial charge is 0.411 e. The average molecular weight is 296 g/mol. The summed E-state index contributed by atoms with van der Waals surface area (Å²) in [6, 6.07) is 14.5. The highest BCUT2D eigenvalue weighted by atomic mass is 32.2. The zero-order chi connectivity index (χ0) is 14.8. The van der Waals surface area contributed by atoms with Crippen molar-refractivity contribution in [3.8, 4) is 0 Å². The SMILES string of the molecule is C=CCN1c2ccccc2Sc2cc(C(C)=NO)ccc21. The highest BCUT2D eigenvalue weighted by Gasteiger charge is 2.22. The first-order valence-corrected chi connectivity index (χ1v) is 7.54. The maximum atomic E-state index is 8.94. The topological polar surface area (TPSA) is 35.8 Å². The Kier molecular flexibility index (Phi) is 3.71. The van der Waals surface area contributed by atoms with E-state index in [2.05, 4.69) is 47.0 Å². The molecular formula is C17H16N2OS. The van der Waals surface area contributed by atoms with Crippen molar-refractivity contribution in [1.29, 1.82) is 0 Å². The Hall–Kier alpha value is -2.20. The average Bonchev–Trinajstić information content (AvgIpc) is 2.53. The van der Waals surface area contributed by atoms with E-state index < -0.39 is 0 Å². The van der Waals surface area contributed by atoms with Crippen molar-refractivity contribution in [3.05, 3.63) is 60.7 Å². The van der Waals surface area contributed by atoms with Gasteiger partial charge in [0, 0.05) is 21.9 Å². The van der Waals surface area contributed by atoms with Crippen LogP contribution in [0, 0.1) is 0 Å². The van der Waals surface area contributed by atoms with Gasteiger partial charge in [0.15, 0.2) is 0 Å². The molecular weight excluding hydrogens is 280 g/mol. The second-order valence-electron chi connectivity index (χ2n) is 4.84. The van der Waals surface area contributed by atoms with E-state index in [1.165, 1.54) is 10.6 Å². The van der Waals surface area contributed by atoms with Gasteiger partial charge in [-0.3, -0.25) is 0 Å². The van der Waals surface area contributed by atoms with Gasteiger partial charge in [-0.2, -0.15) is 0 Å². The van der Waals surface area contributed by atoms with Gasteiger partial charge in [0.05, 0.1) is 17.1 Å². The Morgan fingerprint density at radius 3 is 2.76 bits per heavy atom. The standard InChI is InChI=1S/C17H16N2OS/c1-3-10-19-14-6-4-5-7-16(14)21-17-11-13(12(2)18-20)8-9-15(17)19/h3-9,11,20H,1,10H2,2H3. The van der Waals surface area contributed by atoms with Crippen LogP contribution in [0.4, 0.5) is 11.4 Å². The minimum absolute atomic E-state index is 0.618. The van der Waals surface area contributed by atoms with Gasteiger partial charge in [-0.05, 0) is 31.2 Å². The Labute approximate surface area is 128 Å². The van der Waals surface area contributed by atoms with Gasteiger partial charge in [-0.1, -0.05) is 41.2 Å². The van der Waals surface area contributed by atoms with Crippen LogP contribution in [0.5, 0.6) is 0 Å². The van der Waals surface area contributed by atoms with E-state index in [0.29, 0.717) is 5.71 Å². The summed E-state index contributed by atoms with van der Waals surface area (Å²) in [5.41, 5.74) is 3.91. The Balaban J connectivity index is 2.12. The van der Waals surface area contributed by atoms with Gasteiger partial charge in [-0.25, -0.2) is 0 Å². The summed E-state index contributed by atoms with van der Waals surface area (Å²) in [6.45, 7) is 6.42. The molecule has 0 amide bonds. The van der Waals surface area contributed by atoms with Crippen molar-refractivity contribution in [3.63, 3.8) is 0 Å². The van der Waals surface area contributed by atoms with E-state index in [1.807, 2.05) is 18.2 Å². The number of fused-ring (bicyclic) bond motifs is 2. The molecule has 0 aliphatic carbocycles. The molecule has 4 heteroatoms. The van der Waals surface area contributed by atoms with Gasteiger partial charge in [0.1, 0.15) is 0 Å². The van der Waals surface area contributed by atoms with Crippen LogP contribution < -0.4 is 4.90 Å². The molecule has 3 rings (SSSR count). The molecule has 21 heavy (non-hydrogen) atoms. The van der Waals surface area contributed by atoms with Crippen molar-refractivity contribution in [2.24, 2.45) is 5.16 Å². The molecule has 1 heterocycles. The van der Waals surface area contributed by atoms with Crippen molar-refractivity contribution in [1.82, 2.24) is 0 Å². The molecule has 2 aromatic rings. The lowest BCUT2D eigenvalue weighted by molar-refractivity contribution is 0.319. The Morgan fingerprint density at radius 2 is 2.00 bits per heavy atom. The highest BCUT2D eigenvalue weighted by Crippen LogP contribution is 2.48. The van der Waals surface area contributed by atoms with E-state index in [0.717, 1.165) is 22.7 Å². The molecule has 0 bridgehead atoms. The third-order valence-electron chi connectivity index (χ3n) is 3.51. The van der Waals surface area contributed by atoms with Gasteiger partial charge in [0.25, 0.3) is 0 Å². The van der Waals surface area contributed by atoms with Crippen molar-refractivity contribution >= 4 is 28.8 Å². The maximum absolute atomic E-state index is 8.94. The number of para-hydroxylation sites is 1. The van der Waals surface area contributed by atoms with Crippen LogP contribution in [0.25, 0.3) is 0 Å². The quantitative estimate of drug-likeness (QED) is 0.387. The number of nitrogens with zero attached hydrogens (tertiary/aromatic N) is 2. The van der Waals surface area contributed by atoms with Crippen molar-refractivity contribution in [2.45, 2.75) is 16.7 Å². The molecule has 1 aliphatic rings. The number of rotatable bonds is 3. The molecule has 0 spiro atoms. The predicted octanol–water partition coefficient (Wildman–Crippen LogP) is 4.67. The maximum Gasteiger partial charge on any atom is 0.0837 e. The molecule has 0 saturated heterocycles. The summed E-state index contributed by atoms with van der Waals surface area (Å²) >= 11 is 1.74. The van der Waals surface area contributed by atoms with Crippen LogP contribution in [0.15, 0.2) is 70.1 Å². The van der Waals surface area contributed by atoms with E-state index in [1.54, 1.807) is 18.7 Å². The van der Waals surface area contributed by atoms with Crippen molar-refractivity contribution < 1.29 is 5.21 Å². The molecule has 106 valence electrons. The fourth-order valence-electron chi connectivity index (χ4n) is 2.44. The summed E-state index contributed by atoms with van der Waals surface area (Å²) < 4.78 is 0. The summed E-state index contributed by atoms with van der Waals surface area (Å²) in [4.78, 5) is 4.64. The first kappa shape index (κ1) is 13.8. The zero-order valence-corrected chi connectivity index (χ0v) is 12.6. The molecule has 3 nitrogen and oxygen atoms in total. The summed E-state index contributed by atoms with van der Waals surface area (Å²) in [5, 5.41) is 12.2. The normalized spacial score (nSPS) is 13.6. The minimum atomic E-state index is 0.618. The second-order valence-corrected chi connectivity index (χ2v) is 5.92. The number of hydrogen-bond acceptors (Lipinski definition) is 4. The van der Waals surface area contributed by atoms with Crippen molar-refractivity contribution in [2.75, 3.05) is 11.4 Å². The van der Waals surface area contributed by atoms with Crippen LogP contribution in [0.3, 0.4) is 0 Å². The summed E-state index contributed by atoms with van der Waals surface area (Å²) in [6.07, 6.45) is 1.91. The predicted molar refractivity (Wildman–Crippen MR) is 88.2 cm³/mol. The molecule has 2 aromatic carbocycles.